The van der Waals surface area contributed by atoms with Crippen LogP contribution in [0.2, 0.25) is 0 Å². The molecule has 1 aromatic rings. The Balaban J connectivity index is 2.09. The van der Waals surface area contributed by atoms with Gasteiger partial charge in [0, 0.05) is 6.04 Å². The lowest BCUT2D eigenvalue weighted by Crippen LogP contribution is -2.22. The Kier molecular flexibility index (Phi) is 1.88. The topological polar surface area (TPSA) is 3.24 Å². The predicted octanol–water partition coefficient (Wildman–Crippen LogP) is 2.94. The molecule has 1 fully saturated rings. The van der Waals surface area contributed by atoms with E-state index in [1.54, 1.807) is 11.1 Å². The molecule has 1 aliphatic carbocycles. The average Bonchev–Trinajstić information content (AvgIpc) is 2.45. The highest BCUT2D eigenvalue weighted by Gasteiger charge is 2.34. The molecule has 0 amide bonds. The van der Waals surface area contributed by atoms with Gasteiger partial charge in [0.2, 0.25) is 0 Å². The molecule has 0 unspecified atom stereocenters. The summed E-state index contributed by atoms with van der Waals surface area (Å²) in [5.41, 5.74) is 3.23. The van der Waals surface area contributed by atoms with E-state index >= 15 is 0 Å². The van der Waals surface area contributed by atoms with Crippen molar-refractivity contribution in [3.05, 3.63) is 35.4 Å². The summed E-state index contributed by atoms with van der Waals surface area (Å²) in [4.78, 5) is 2.53. The number of fused-ring (bicyclic) bond motifs is 5. The minimum atomic E-state index is 0.707. The largest absolute Gasteiger partial charge is 0.299 e. The first-order chi connectivity index (χ1) is 6.86. The smallest absolute Gasteiger partial charge is 0.0353 e. The second-order valence-electron chi connectivity index (χ2n) is 4.70. The third kappa shape index (κ3) is 1.12. The Morgan fingerprint density at radius 1 is 1.21 bits per heavy atom. The van der Waals surface area contributed by atoms with Crippen molar-refractivity contribution in [3.8, 4) is 0 Å². The average molecular weight is 187 g/mol. The standard InChI is InChI=1S/C13H17N/c1-14-8-4-5-10-9-13(14)12-7-3-2-6-11(10)12/h2-3,6-7,10,13H,4-5,8-9H2,1H3/t10-,13-/m0/s1. The normalized spacial score (nSPS) is 31.2. The highest BCUT2D eigenvalue weighted by Crippen LogP contribution is 2.46. The van der Waals surface area contributed by atoms with Crippen LogP contribution in [-0.4, -0.2) is 18.5 Å². The second kappa shape index (κ2) is 3.09. The van der Waals surface area contributed by atoms with Crippen LogP contribution in [0.5, 0.6) is 0 Å². The van der Waals surface area contributed by atoms with Gasteiger partial charge in [0.15, 0.2) is 0 Å². The first-order valence-electron chi connectivity index (χ1n) is 5.65. The van der Waals surface area contributed by atoms with Crippen LogP contribution in [0.15, 0.2) is 24.3 Å². The molecule has 1 aliphatic heterocycles. The van der Waals surface area contributed by atoms with E-state index < -0.39 is 0 Å². The lowest BCUT2D eigenvalue weighted by molar-refractivity contribution is 0.257. The lowest BCUT2D eigenvalue weighted by Gasteiger charge is -2.24. The van der Waals surface area contributed by atoms with Crippen LogP contribution in [0, 0.1) is 0 Å². The third-order valence-electron chi connectivity index (χ3n) is 3.90. The van der Waals surface area contributed by atoms with Gasteiger partial charge in [-0.2, -0.15) is 0 Å². The van der Waals surface area contributed by atoms with Gasteiger partial charge >= 0.3 is 0 Å². The molecule has 1 aromatic carbocycles. The SMILES string of the molecule is CN1CCC[C@H]2C[C@H]1c1ccccc12. The predicted molar refractivity (Wildman–Crippen MR) is 58.4 cm³/mol. The highest BCUT2D eigenvalue weighted by atomic mass is 15.1. The van der Waals surface area contributed by atoms with Crippen molar-refractivity contribution in [2.75, 3.05) is 13.6 Å². The molecule has 0 saturated carbocycles. The monoisotopic (exact) mass is 187 g/mol. The molecular formula is C13H17N. The van der Waals surface area contributed by atoms with Gasteiger partial charge in [-0.25, -0.2) is 0 Å². The second-order valence-corrected chi connectivity index (χ2v) is 4.70. The molecule has 0 radical (unpaired) electrons. The molecule has 1 nitrogen and oxygen atoms in total. The number of likely N-dealkylation sites (tertiary alicyclic amines) is 1. The number of rotatable bonds is 0. The molecule has 3 rings (SSSR count). The van der Waals surface area contributed by atoms with Crippen LogP contribution in [0.25, 0.3) is 0 Å². The highest BCUT2D eigenvalue weighted by molar-refractivity contribution is 5.38. The lowest BCUT2D eigenvalue weighted by atomic mass is 9.96. The summed E-state index contributed by atoms with van der Waals surface area (Å²) < 4.78 is 0. The fraction of sp³-hybridized carbons (Fsp3) is 0.538. The Morgan fingerprint density at radius 3 is 2.86 bits per heavy atom. The molecule has 2 bridgehead atoms. The van der Waals surface area contributed by atoms with Crippen molar-refractivity contribution < 1.29 is 0 Å². The zero-order chi connectivity index (χ0) is 9.54. The fourth-order valence-corrected chi connectivity index (χ4v) is 3.14. The number of benzene rings is 1. The third-order valence-corrected chi connectivity index (χ3v) is 3.90. The van der Waals surface area contributed by atoms with Crippen LogP contribution in [0.1, 0.15) is 42.3 Å². The van der Waals surface area contributed by atoms with E-state index in [1.165, 1.54) is 25.8 Å². The van der Waals surface area contributed by atoms with Gasteiger partial charge in [-0.1, -0.05) is 24.3 Å². The molecule has 0 spiro atoms. The Hall–Kier alpha value is -0.820. The van der Waals surface area contributed by atoms with E-state index in [0.717, 1.165) is 5.92 Å². The number of hydrogen-bond donors (Lipinski definition) is 0. The zero-order valence-electron chi connectivity index (χ0n) is 8.74. The molecule has 1 saturated heterocycles. The molecule has 0 aromatic heterocycles. The van der Waals surface area contributed by atoms with Gasteiger partial charge in [0.25, 0.3) is 0 Å². The summed E-state index contributed by atoms with van der Waals surface area (Å²) in [7, 11) is 2.27. The van der Waals surface area contributed by atoms with E-state index in [1.807, 2.05) is 0 Å². The van der Waals surface area contributed by atoms with Crippen molar-refractivity contribution in [1.82, 2.24) is 4.90 Å². The maximum atomic E-state index is 2.53. The fourth-order valence-electron chi connectivity index (χ4n) is 3.14. The van der Waals surface area contributed by atoms with Gasteiger partial charge in [-0.3, -0.25) is 4.90 Å². The van der Waals surface area contributed by atoms with E-state index in [9.17, 15) is 0 Å². The Labute approximate surface area is 85.7 Å². The summed E-state index contributed by atoms with van der Waals surface area (Å²) in [6, 6.07) is 9.74. The maximum absolute atomic E-state index is 2.53. The van der Waals surface area contributed by atoms with Crippen molar-refractivity contribution in [2.24, 2.45) is 0 Å². The first kappa shape index (κ1) is 8.49. The van der Waals surface area contributed by atoms with Crippen molar-refractivity contribution >= 4 is 0 Å². The van der Waals surface area contributed by atoms with E-state index in [-0.39, 0.29) is 0 Å². The first-order valence-corrected chi connectivity index (χ1v) is 5.65. The molecule has 14 heavy (non-hydrogen) atoms. The van der Waals surface area contributed by atoms with E-state index in [4.69, 9.17) is 0 Å². The minimum Gasteiger partial charge on any atom is -0.299 e. The summed E-state index contributed by atoms with van der Waals surface area (Å²) in [5.74, 6) is 0.848. The molecule has 74 valence electrons. The van der Waals surface area contributed by atoms with E-state index in [0.29, 0.717) is 6.04 Å². The Morgan fingerprint density at radius 2 is 2.00 bits per heavy atom. The maximum Gasteiger partial charge on any atom is 0.0353 e. The number of hydrogen-bond acceptors (Lipinski definition) is 1. The quantitative estimate of drug-likeness (QED) is 0.603. The minimum absolute atomic E-state index is 0.707. The summed E-state index contributed by atoms with van der Waals surface area (Å²) >= 11 is 0. The van der Waals surface area contributed by atoms with Gasteiger partial charge in [0.05, 0.1) is 0 Å². The van der Waals surface area contributed by atoms with Crippen LogP contribution in [0.4, 0.5) is 0 Å². The summed E-state index contributed by atoms with van der Waals surface area (Å²) in [6.07, 6.45) is 4.11. The van der Waals surface area contributed by atoms with Crippen LogP contribution >= 0.6 is 0 Å². The van der Waals surface area contributed by atoms with Gasteiger partial charge in [-0.05, 0) is 49.9 Å². The van der Waals surface area contributed by atoms with Crippen molar-refractivity contribution in [1.29, 1.82) is 0 Å². The summed E-state index contributed by atoms with van der Waals surface area (Å²) in [5, 5.41) is 0. The molecule has 1 heterocycles. The van der Waals surface area contributed by atoms with Gasteiger partial charge in [0.1, 0.15) is 0 Å². The van der Waals surface area contributed by atoms with Crippen molar-refractivity contribution in [2.45, 2.75) is 31.2 Å². The Bertz CT molecular complexity index is 345. The van der Waals surface area contributed by atoms with Crippen LogP contribution < -0.4 is 0 Å². The van der Waals surface area contributed by atoms with Crippen molar-refractivity contribution in [3.63, 3.8) is 0 Å². The molecule has 1 heteroatoms. The van der Waals surface area contributed by atoms with E-state index in [2.05, 4.69) is 36.2 Å². The molecule has 2 atom stereocenters. The number of nitrogens with zero attached hydrogens (tertiary/aromatic N) is 1. The van der Waals surface area contributed by atoms with Crippen LogP contribution in [0.3, 0.4) is 0 Å². The summed E-state index contributed by atoms with van der Waals surface area (Å²) in [6.45, 7) is 1.27. The zero-order valence-corrected chi connectivity index (χ0v) is 8.74. The molecule has 0 N–H and O–H groups in total. The molecule has 2 aliphatic rings. The van der Waals surface area contributed by atoms with Gasteiger partial charge in [-0.15, -0.1) is 0 Å². The molecular weight excluding hydrogens is 170 g/mol. The van der Waals surface area contributed by atoms with Crippen LogP contribution in [-0.2, 0) is 0 Å². The van der Waals surface area contributed by atoms with Gasteiger partial charge < -0.3 is 0 Å².